The number of aromatic nitrogens is 2. The summed E-state index contributed by atoms with van der Waals surface area (Å²) in [5, 5.41) is 15.4. The minimum atomic E-state index is -0.964. The Bertz CT molecular complexity index is 664. The molecule has 0 saturated carbocycles. The minimum Gasteiger partial charge on any atom is -0.383 e. The second kappa shape index (κ2) is 6.41. The van der Waals surface area contributed by atoms with Crippen LogP contribution in [0.5, 0.6) is 0 Å². The predicted octanol–water partition coefficient (Wildman–Crippen LogP) is 2.08. The Kier molecular flexibility index (Phi) is 4.77. The van der Waals surface area contributed by atoms with Gasteiger partial charge in [0.05, 0.1) is 17.8 Å². The van der Waals surface area contributed by atoms with Gasteiger partial charge in [0, 0.05) is 25.7 Å². The normalized spacial score (nSPS) is 11.3. The molecule has 2 heterocycles. The molecule has 7 heteroatoms. The lowest BCUT2D eigenvalue weighted by atomic mass is 10.1. The average molecular weight is 320 g/mol. The number of pyridine rings is 1. The Morgan fingerprint density at radius 2 is 2.23 bits per heavy atom. The lowest BCUT2D eigenvalue weighted by Gasteiger charge is -2.17. The molecule has 22 heavy (non-hydrogen) atoms. The van der Waals surface area contributed by atoms with Crippen LogP contribution >= 0.6 is 11.3 Å². The monoisotopic (exact) mass is 320 g/mol. The lowest BCUT2D eigenvalue weighted by Crippen LogP contribution is -2.27. The van der Waals surface area contributed by atoms with Gasteiger partial charge in [-0.15, -0.1) is 11.3 Å². The lowest BCUT2D eigenvalue weighted by molar-refractivity contribution is 0.0770. The van der Waals surface area contributed by atoms with Gasteiger partial charge >= 0.3 is 0 Å². The number of carbonyl (C=O) groups excluding carboxylic acids is 1. The molecule has 0 fully saturated rings. The third-order valence-corrected chi connectivity index (χ3v) is 4.30. The van der Waals surface area contributed by atoms with E-state index in [0.717, 1.165) is 5.69 Å². The van der Waals surface area contributed by atoms with Crippen LogP contribution in [0.2, 0.25) is 0 Å². The Labute approximate surface area is 133 Å². The van der Waals surface area contributed by atoms with Gasteiger partial charge in [0.2, 0.25) is 0 Å². The van der Waals surface area contributed by atoms with Crippen LogP contribution in [0.4, 0.5) is 5.82 Å². The van der Waals surface area contributed by atoms with E-state index in [-0.39, 0.29) is 5.91 Å². The van der Waals surface area contributed by atoms with E-state index in [0.29, 0.717) is 22.9 Å². The van der Waals surface area contributed by atoms with Crippen molar-refractivity contribution in [2.24, 2.45) is 0 Å². The summed E-state index contributed by atoms with van der Waals surface area (Å²) in [7, 11) is 3.45. The third-order valence-electron chi connectivity index (χ3n) is 3.10. The molecule has 0 spiro atoms. The summed E-state index contributed by atoms with van der Waals surface area (Å²) in [6, 6.07) is 3.47. The van der Waals surface area contributed by atoms with Crippen molar-refractivity contribution < 1.29 is 9.90 Å². The first-order valence-corrected chi connectivity index (χ1v) is 7.76. The van der Waals surface area contributed by atoms with Gasteiger partial charge in [-0.05, 0) is 26.0 Å². The van der Waals surface area contributed by atoms with Crippen molar-refractivity contribution in [1.82, 2.24) is 14.9 Å². The third kappa shape index (κ3) is 3.61. The van der Waals surface area contributed by atoms with Crippen molar-refractivity contribution in [2.75, 3.05) is 19.4 Å². The molecule has 0 radical (unpaired) electrons. The number of amides is 1. The smallest absolute Gasteiger partial charge is 0.257 e. The topological polar surface area (TPSA) is 78.4 Å². The van der Waals surface area contributed by atoms with Gasteiger partial charge in [-0.1, -0.05) is 0 Å². The maximum Gasteiger partial charge on any atom is 0.257 e. The van der Waals surface area contributed by atoms with Gasteiger partial charge in [-0.25, -0.2) is 9.97 Å². The van der Waals surface area contributed by atoms with Gasteiger partial charge in [0.25, 0.3) is 5.91 Å². The Morgan fingerprint density at radius 3 is 2.82 bits per heavy atom. The minimum absolute atomic E-state index is 0.129. The fourth-order valence-corrected chi connectivity index (χ4v) is 2.79. The molecule has 2 N–H and O–H groups in total. The van der Waals surface area contributed by atoms with Crippen LogP contribution in [0.3, 0.4) is 0 Å². The predicted molar refractivity (Wildman–Crippen MR) is 86.9 cm³/mol. The zero-order valence-electron chi connectivity index (χ0n) is 13.1. The number of hydrogen-bond acceptors (Lipinski definition) is 6. The van der Waals surface area contributed by atoms with Gasteiger partial charge in [-0.3, -0.25) is 4.79 Å². The number of thiazole rings is 1. The van der Waals surface area contributed by atoms with E-state index < -0.39 is 5.60 Å². The highest BCUT2D eigenvalue weighted by atomic mass is 32.1. The zero-order valence-corrected chi connectivity index (χ0v) is 13.9. The van der Waals surface area contributed by atoms with Crippen LogP contribution in [0.15, 0.2) is 23.7 Å². The van der Waals surface area contributed by atoms with Gasteiger partial charge in [0.15, 0.2) is 0 Å². The van der Waals surface area contributed by atoms with E-state index in [9.17, 15) is 9.90 Å². The molecule has 0 aromatic carbocycles. The molecular weight excluding hydrogens is 300 g/mol. The maximum atomic E-state index is 12.5. The van der Waals surface area contributed by atoms with E-state index in [1.807, 2.05) is 5.38 Å². The van der Waals surface area contributed by atoms with E-state index in [4.69, 9.17) is 0 Å². The zero-order chi connectivity index (χ0) is 16.3. The second-order valence-electron chi connectivity index (χ2n) is 5.51. The molecule has 2 aromatic rings. The van der Waals surface area contributed by atoms with Crippen molar-refractivity contribution in [3.8, 4) is 0 Å². The molecule has 0 saturated heterocycles. The molecule has 0 aliphatic carbocycles. The van der Waals surface area contributed by atoms with E-state index in [2.05, 4.69) is 15.3 Å². The number of anilines is 1. The van der Waals surface area contributed by atoms with Crippen LogP contribution in [-0.2, 0) is 12.1 Å². The van der Waals surface area contributed by atoms with Crippen LogP contribution in [0.1, 0.15) is 34.9 Å². The SMILES string of the molecule is CNc1ncccc1C(=O)N(C)Cc1csc(C(C)(C)O)n1. The quantitative estimate of drug-likeness (QED) is 0.882. The van der Waals surface area contributed by atoms with Crippen LogP contribution in [0.25, 0.3) is 0 Å². The largest absolute Gasteiger partial charge is 0.383 e. The van der Waals surface area contributed by atoms with Crippen molar-refractivity contribution >= 4 is 23.1 Å². The molecule has 0 aliphatic rings. The first kappa shape index (κ1) is 16.4. The van der Waals surface area contributed by atoms with Crippen molar-refractivity contribution in [2.45, 2.75) is 26.0 Å². The molecule has 118 valence electrons. The number of nitrogens with one attached hydrogen (secondary N) is 1. The highest BCUT2D eigenvalue weighted by Crippen LogP contribution is 2.24. The first-order valence-electron chi connectivity index (χ1n) is 6.88. The van der Waals surface area contributed by atoms with Crippen molar-refractivity contribution in [3.05, 3.63) is 40.0 Å². The summed E-state index contributed by atoms with van der Waals surface area (Å²) < 4.78 is 0. The van der Waals surface area contributed by atoms with Crippen LogP contribution in [-0.4, -0.2) is 40.0 Å². The molecule has 0 bridgehead atoms. The van der Waals surface area contributed by atoms with Crippen LogP contribution in [0, 0.1) is 0 Å². The molecule has 0 aliphatic heterocycles. The summed E-state index contributed by atoms with van der Waals surface area (Å²) >= 11 is 1.39. The van der Waals surface area contributed by atoms with Crippen LogP contribution < -0.4 is 5.32 Å². The van der Waals surface area contributed by atoms with Gasteiger partial charge in [-0.2, -0.15) is 0 Å². The van der Waals surface area contributed by atoms with Gasteiger partial charge in [0.1, 0.15) is 16.4 Å². The number of aliphatic hydroxyl groups is 1. The fourth-order valence-electron chi connectivity index (χ4n) is 1.96. The van der Waals surface area contributed by atoms with Crippen molar-refractivity contribution in [1.29, 1.82) is 0 Å². The standard InChI is InChI=1S/C15H20N4O2S/c1-15(2,21)14-18-10(9-22-14)8-19(4)13(20)11-6-5-7-17-12(11)16-3/h5-7,9,21H,8H2,1-4H3,(H,16,17). The number of rotatable bonds is 5. The molecule has 2 rings (SSSR count). The van der Waals surface area contributed by atoms with E-state index >= 15 is 0 Å². The Hall–Kier alpha value is -1.99. The Morgan fingerprint density at radius 1 is 1.50 bits per heavy atom. The average Bonchev–Trinajstić information content (AvgIpc) is 2.95. The molecule has 0 unspecified atom stereocenters. The van der Waals surface area contributed by atoms with E-state index in [1.54, 1.807) is 51.2 Å². The number of hydrogen-bond donors (Lipinski definition) is 2. The molecular formula is C15H20N4O2S. The summed E-state index contributed by atoms with van der Waals surface area (Å²) in [5.41, 5.74) is 0.312. The summed E-state index contributed by atoms with van der Waals surface area (Å²) in [6.07, 6.45) is 1.64. The summed E-state index contributed by atoms with van der Waals surface area (Å²) in [4.78, 5) is 22.6. The van der Waals surface area contributed by atoms with Crippen molar-refractivity contribution in [3.63, 3.8) is 0 Å². The molecule has 6 nitrogen and oxygen atoms in total. The fraction of sp³-hybridized carbons (Fsp3) is 0.400. The summed E-state index contributed by atoms with van der Waals surface area (Å²) in [6.45, 7) is 3.77. The Balaban J connectivity index is 2.13. The number of carbonyl (C=O) groups is 1. The summed E-state index contributed by atoms with van der Waals surface area (Å²) in [5.74, 6) is 0.421. The molecule has 0 atom stereocenters. The highest BCUT2D eigenvalue weighted by Gasteiger charge is 2.22. The first-order chi connectivity index (χ1) is 10.3. The van der Waals surface area contributed by atoms with E-state index in [1.165, 1.54) is 11.3 Å². The molecule has 2 aromatic heterocycles. The maximum absolute atomic E-state index is 12.5. The highest BCUT2D eigenvalue weighted by molar-refractivity contribution is 7.09. The number of nitrogens with zero attached hydrogens (tertiary/aromatic N) is 3. The molecule has 1 amide bonds. The second-order valence-corrected chi connectivity index (χ2v) is 6.37. The van der Waals surface area contributed by atoms with Gasteiger partial charge < -0.3 is 15.3 Å².